The third kappa shape index (κ3) is 2.72. The zero-order chi connectivity index (χ0) is 15.7. The molecule has 2 aromatic carbocycles. The second kappa shape index (κ2) is 5.29. The van der Waals surface area contributed by atoms with Crippen LogP contribution in [0.2, 0.25) is 0 Å². The largest absolute Gasteiger partial charge is 0.418 e. The predicted molar refractivity (Wildman–Crippen MR) is 76.4 cm³/mol. The summed E-state index contributed by atoms with van der Waals surface area (Å²) in [5, 5.41) is 3.30. The number of fused-ring (bicyclic) bond motifs is 1. The van der Waals surface area contributed by atoms with Crippen molar-refractivity contribution in [3.05, 3.63) is 66.1 Å². The van der Waals surface area contributed by atoms with Gasteiger partial charge in [-0.1, -0.05) is 12.1 Å². The topological polar surface area (TPSA) is 24.9 Å². The molecule has 1 N–H and O–H groups in total. The Labute approximate surface area is 123 Å². The summed E-state index contributed by atoms with van der Waals surface area (Å²) in [6, 6.07) is 10.7. The molecule has 2 nitrogen and oxygen atoms in total. The van der Waals surface area contributed by atoms with Crippen LogP contribution in [0, 0.1) is 5.82 Å². The minimum Gasteiger partial charge on any atom is -0.354 e. The Morgan fingerprint density at radius 2 is 1.68 bits per heavy atom. The van der Waals surface area contributed by atoms with E-state index in [0.717, 1.165) is 6.07 Å². The minimum absolute atomic E-state index is 0.0631. The van der Waals surface area contributed by atoms with Crippen molar-refractivity contribution < 1.29 is 17.6 Å². The summed E-state index contributed by atoms with van der Waals surface area (Å²) in [5.41, 5.74) is -0.0231. The summed E-state index contributed by atoms with van der Waals surface area (Å²) in [6.45, 7) is 0. The molecule has 0 fully saturated rings. The van der Waals surface area contributed by atoms with Crippen LogP contribution in [0.5, 0.6) is 0 Å². The van der Waals surface area contributed by atoms with Crippen molar-refractivity contribution in [1.82, 2.24) is 4.98 Å². The lowest BCUT2D eigenvalue weighted by Crippen LogP contribution is -2.08. The van der Waals surface area contributed by atoms with Crippen LogP contribution in [-0.2, 0) is 6.18 Å². The second-order valence-corrected chi connectivity index (χ2v) is 4.69. The van der Waals surface area contributed by atoms with Crippen molar-refractivity contribution in [1.29, 1.82) is 0 Å². The normalized spacial score (nSPS) is 11.6. The number of hydrogen-bond donors (Lipinski definition) is 1. The van der Waals surface area contributed by atoms with Gasteiger partial charge in [0, 0.05) is 23.3 Å². The number of hydrogen-bond acceptors (Lipinski definition) is 2. The van der Waals surface area contributed by atoms with Gasteiger partial charge in [-0.05, 0) is 30.3 Å². The zero-order valence-corrected chi connectivity index (χ0v) is 11.2. The van der Waals surface area contributed by atoms with E-state index in [0.29, 0.717) is 16.6 Å². The Hall–Kier alpha value is -2.63. The highest BCUT2D eigenvalue weighted by Gasteiger charge is 2.33. The van der Waals surface area contributed by atoms with Gasteiger partial charge in [-0.15, -0.1) is 0 Å². The molecule has 6 heteroatoms. The second-order valence-electron chi connectivity index (χ2n) is 4.69. The smallest absolute Gasteiger partial charge is 0.354 e. The highest BCUT2D eigenvalue weighted by Crippen LogP contribution is 2.36. The Morgan fingerprint density at radius 1 is 0.909 bits per heavy atom. The lowest BCUT2D eigenvalue weighted by atomic mass is 10.1. The van der Waals surface area contributed by atoms with E-state index < -0.39 is 17.6 Å². The number of nitrogens with zero attached hydrogens (tertiary/aromatic N) is 1. The Balaban J connectivity index is 2.08. The van der Waals surface area contributed by atoms with E-state index in [2.05, 4.69) is 10.3 Å². The van der Waals surface area contributed by atoms with Crippen molar-refractivity contribution in [3.63, 3.8) is 0 Å². The van der Waals surface area contributed by atoms with Crippen molar-refractivity contribution in [2.24, 2.45) is 0 Å². The summed E-state index contributed by atoms with van der Waals surface area (Å²) < 4.78 is 52.3. The molecule has 3 rings (SSSR count). The SMILES string of the molecule is Fc1ccc2c(Nc3ccccc3C(F)(F)F)ccnc2c1. The van der Waals surface area contributed by atoms with Gasteiger partial charge in [-0.2, -0.15) is 13.2 Å². The number of nitrogens with one attached hydrogen (secondary N) is 1. The molecule has 0 radical (unpaired) electrons. The lowest BCUT2D eigenvalue weighted by Gasteiger charge is -2.15. The van der Waals surface area contributed by atoms with Crippen molar-refractivity contribution in [2.75, 3.05) is 5.32 Å². The quantitative estimate of drug-likeness (QED) is 0.663. The molecule has 112 valence electrons. The lowest BCUT2D eigenvalue weighted by molar-refractivity contribution is -0.136. The van der Waals surface area contributed by atoms with E-state index in [1.54, 1.807) is 6.07 Å². The van der Waals surface area contributed by atoms with E-state index in [4.69, 9.17) is 0 Å². The average molecular weight is 306 g/mol. The molecule has 1 aromatic heterocycles. The maximum Gasteiger partial charge on any atom is 0.418 e. The van der Waals surface area contributed by atoms with Gasteiger partial charge in [0.05, 0.1) is 16.8 Å². The van der Waals surface area contributed by atoms with E-state index in [1.807, 2.05) is 0 Å². The van der Waals surface area contributed by atoms with Gasteiger partial charge in [0.1, 0.15) is 5.82 Å². The highest BCUT2D eigenvalue weighted by atomic mass is 19.4. The number of para-hydroxylation sites is 1. The number of aromatic nitrogens is 1. The van der Waals surface area contributed by atoms with E-state index in [9.17, 15) is 17.6 Å². The van der Waals surface area contributed by atoms with Gasteiger partial charge in [0.25, 0.3) is 0 Å². The van der Waals surface area contributed by atoms with Gasteiger partial charge in [0.15, 0.2) is 0 Å². The van der Waals surface area contributed by atoms with Gasteiger partial charge in [-0.3, -0.25) is 4.98 Å². The molecule has 3 aromatic rings. The first-order valence-electron chi connectivity index (χ1n) is 6.43. The first-order chi connectivity index (χ1) is 10.4. The predicted octanol–water partition coefficient (Wildman–Crippen LogP) is 5.14. The maximum atomic E-state index is 13.2. The van der Waals surface area contributed by atoms with E-state index in [-0.39, 0.29) is 5.69 Å². The van der Waals surface area contributed by atoms with E-state index in [1.165, 1.54) is 42.6 Å². The molecule has 0 amide bonds. The number of anilines is 2. The first kappa shape index (κ1) is 14.3. The molecule has 0 spiro atoms. The molecule has 0 saturated carbocycles. The maximum absolute atomic E-state index is 13.2. The number of alkyl halides is 3. The fourth-order valence-electron chi connectivity index (χ4n) is 2.21. The summed E-state index contributed by atoms with van der Waals surface area (Å²) in [7, 11) is 0. The molecule has 0 unspecified atom stereocenters. The van der Waals surface area contributed by atoms with Crippen LogP contribution >= 0.6 is 0 Å². The van der Waals surface area contributed by atoms with Gasteiger partial charge in [0.2, 0.25) is 0 Å². The molecule has 0 aliphatic heterocycles. The monoisotopic (exact) mass is 306 g/mol. The molecule has 0 aliphatic carbocycles. The Kier molecular flexibility index (Phi) is 3.44. The highest BCUT2D eigenvalue weighted by molar-refractivity contribution is 5.93. The van der Waals surface area contributed by atoms with Crippen molar-refractivity contribution in [2.45, 2.75) is 6.18 Å². The third-order valence-corrected chi connectivity index (χ3v) is 3.21. The van der Waals surface area contributed by atoms with Crippen LogP contribution in [0.15, 0.2) is 54.7 Å². The van der Waals surface area contributed by atoms with Crippen LogP contribution in [0.25, 0.3) is 10.9 Å². The number of halogens is 4. The molecule has 0 bridgehead atoms. The van der Waals surface area contributed by atoms with Crippen LogP contribution in [0.4, 0.5) is 28.9 Å². The molecule has 0 saturated heterocycles. The van der Waals surface area contributed by atoms with Crippen LogP contribution in [0.1, 0.15) is 5.56 Å². The standard InChI is InChI=1S/C16H10F4N2/c17-10-5-6-11-13(7-8-21-15(11)9-10)22-14-4-2-1-3-12(14)16(18,19)20/h1-9H,(H,21,22). The number of rotatable bonds is 2. The Morgan fingerprint density at radius 3 is 2.45 bits per heavy atom. The van der Waals surface area contributed by atoms with Crippen LogP contribution < -0.4 is 5.32 Å². The van der Waals surface area contributed by atoms with Gasteiger partial charge >= 0.3 is 6.18 Å². The first-order valence-corrected chi connectivity index (χ1v) is 6.43. The molecule has 0 atom stereocenters. The fourth-order valence-corrected chi connectivity index (χ4v) is 2.21. The summed E-state index contributed by atoms with van der Waals surface area (Å²) in [5.74, 6) is -0.451. The number of pyridine rings is 1. The summed E-state index contributed by atoms with van der Waals surface area (Å²) >= 11 is 0. The summed E-state index contributed by atoms with van der Waals surface area (Å²) in [4.78, 5) is 4.01. The zero-order valence-electron chi connectivity index (χ0n) is 11.2. The fraction of sp³-hybridized carbons (Fsp3) is 0.0625. The van der Waals surface area contributed by atoms with Crippen LogP contribution in [0.3, 0.4) is 0 Å². The number of benzene rings is 2. The van der Waals surface area contributed by atoms with Crippen molar-refractivity contribution >= 4 is 22.3 Å². The molecule has 0 aliphatic rings. The van der Waals surface area contributed by atoms with Crippen molar-refractivity contribution in [3.8, 4) is 0 Å². The van der Waals surface area contributed by atoms with Crippen LogP contribution in [-0.4, -0.2) is 4.98 Å². The average Bonchev–Trinajstić information content (AvgIpc) is 2.46. The van der Waals surface area contributed by atoms with E-state index >= 15 is 0 Å². The Bertz CT molecular complexity index is 828. The molecular weight excluding hydrogens is 296 g/mol. The molecular formula is C16H10F4N2. The minimum atomic E-state index is -4.46. The third-order valence-electron chi connectivity index (χ3n) is 3.21. The van der Waals surface area contributed by atoms with Gasteiger partial charge < -0.3 is 5.32 Å². The summed E-state index contributed by atoms with van der Waals surface area (Å²) in [6.07, 6.45) is -3.04. The van der Waals surface area contributed by atoms with Gasteiger partial charge in [-0.25, -0.2) is 4.39 Å². The molecule has 1 heterocycles. The molecule has 22 heavy (non-hydrogen) atoms.